The van der Waals surface area contributed by atoms with Crippen LogP contribution >= 0.6 is 11.6 Å². The number of nitrogens with zero attached hydrogens (tertiary/aromatic N) is 2. The van der Waals surface area contributed by atoms with E-state index in [2.05, 4.69) is 47.6 Å². The zero-order chi connectivity index (χ0) is 15.5. The van der Waals surface area contributed by atoms with Crippen LogP contribution in [0.5, 0.6) is 0 Å². The van der Waals surface area contributed by atoms with Gasteiger partial charge in [0, 0.05) is 16.6 Å². The Morgan fingerprint density at radius 1 is 1.09 bits per heavy atom. The fourth-order valence-corrected chi connectivity index (χ4v) is 2.46. The number of pyridine rings is 1. The monoisotopic (exact) mass is 309 g/mol. The minimum Gasteiger partial charge on any atom is -0.278 e. The highest BCUT2D eigenvalue weighted by molar-refractivity contribution is 6.31. The fraction of sp³-hybridized carbons (Fsp3) is 0.111. The average molecular weight is 310 g/mol. The third-order valence-corrected chi connectivity index (χ3v) is 3.76. The summed E-state index contributed by atoms with van der Waals surface area (Å²) in [5, 5.41) is 6.02. The maximum Gasteiger partial charge on any atom is 0.0738 e. The largest absolute Gasteiger partial charge is 0.278 e. The average Bonchev–Trinajstić information content (AvgIpc) is 2.50. The van der Waals surface area contributed by atoms with E-state index in [4.69, 9.17) is 11.6 Å². The molecular formula is C18H16ClN3. The lowest BCUT2D eigenvalue weighted by Gasteiger charge is -2.06. The Morgan fingerprint density at radius 3 is 2.82 bits per heavy atom. The molecule has 22 heavy (non-hydrogen) atoms. The van der Waals surface area contributed by atoms with E-state index in [0.29, 0.717) is 5.02 Å². The molecule has 3 nitrogen and oxygen atoms in total. The number of aryl methyl sites for hydroxylation is 2. The molecule has 0 aliphatic rings. The highest BCUT2D eigenvalue weighted by Crippen LogP contribution is 2.24. The summed E-state index contributed by atoms with van der Waals surface area (Å²) in [6.07, 6.45) is 3.58. The Bertz CT molecular complexity index is 856. The number of anilines is 1. The highest BCUT2D eigenvalue weighted by atomic mass is 35.5. The van der Waals surface area contributed by atoms with Gasteiger partial charge in [0.2, 0.25) is 0 Å². The van der Waals surface area contributed by atoms with Crippen molar-refractivity contribution in [1.82, 2.24) is 4.98 Å². The van der Waals surface area contributed by atoms with Crippen LogP contribution in [-0.4, -0.2) is 11.2 Å². The standard InChI is InChI=1S/C18H16ClN3/c1-12-3-4-13(2)14(9-12)11-21-22-17-7-8-20-18-10-15(19)5-6-16(17)18/h3-11H,1-2H3,(H,20,22). The van der Waals surface area contributed by atoms with Crippen molar-refractivity contribution in [2.24, 2.45) is 5.10 Å². The lowest BCUT2D eigenvalue weighted by molar-refractivity contribution is 1.32. The van der Waals surface area contributed by atoms with Crippen molar-refractivity contribution >= 4 is 34.4 Å². The summed E-state index contributed by atoms with van der Waals surface area (Å²) >= 11 is 6.00. The minimum atomic E-state index is 0.677. The van der Waals surface area contributed by atoms with E-state index >= 15 is 0 Å². The first kappa shape index (κ1) is 14.5. The van der Waals surface area contributed by atoms with Gasteiger partial charge in [0.15, 0.2) is 0 Å². The molecule has 0 atom stereocenters. The number of benzene rings is 2. The molecule has 0 saturated carbocycles. The van der Waals surface area contributed by atoms with Crippen LogP contribution in [0.4, 0.5) is 5.69 Å². The molecule has 4 heteroatoms. The zero-order valence-corrected chi connectivity index (χ0v) is 13.2. The number of halogens is 1. The van der Waals surface area contributed by atoms with Crippen molar-refractivity contribution in [3.63, 3.8) is 0 Å². The second-order valence-electron chi connectivity index (χ2n) is 5.25. The van der Waals surface area contributed by atoms with Gasteiger partial charge < -0.3 is 0 Å². The van der Waals surface area contributed by atoms with Crippen molar-refractivity contribution in [2.45, 2.75) is 13.8 Å². The van der Waals surface area contributed by atoms with E-state index < -0.39 is 0 Å². The molecule has 0 unspecified atom stereocenters. The molecule has 0 saturated heterocycles. The molecule has 110 valence electrons. The Kier molecular flexibility index (Phi) is 4.07. The summed E-state index contributed by atoms with van der Waals surface area (Å²) in [6.45, 7) is 4.15. The van der Waals surface area contributed by atoms with Gasteiger partial charge >= 0.3 is 0 Å². The van der Waals surface area contributed by atoms with Crippen molar-refractivity contribution in [2.75, 3.05) is 5.43 Å². The summed E-state index contributed by atoms with van der Waals surface area (Å²) < 4.78 is 0. The van der Waals surface area contributed by atoms with E-state index in [9.17, 15) is 0 Å². The van der Waals surface area contributed by atoms with Gasteiger partial charge in [-0.05, 0) is 49.2 Å². The molecule has 1 aromatic heterocycles. The molecule has 0 fully saturated rings. The molecular weight excluding hydrogens is 294 g/mol. The zero-order valence-electron chi connectivity index (χ0n) is 12.5. The van der Waals surface area contributed by atoms with Crippen molar-refractivity contribution in [3.8, 4) is 0 Å². The van der Waals surface area contributed by atoms with Crippen LogP contribution in [0.25, 0.3) is 10.9 Å². The predicted octanol–water partition coefficient (Wildman–Crippen LogP) is 4.95. The number of aromatic nitrogens is 1. The first-order chi connectivity index (χ1) is 10.6. The third-order valence-electron chi connectivity index (χ3n) is 3.53. The molecule has 0 aliphatic carbocycles. The Labute approximate surface area is 134 Å². The van der Waals surface area contributed by atoms with Crippen LogP contribution < -0.4 is 5.43 Å². The summed E-state index contributed by atoms with van der Waals surface area (Å²) in [5.74, 6) is 0. The van der Waals surface area contributed by atoms with Gasteiger partial charge in [-0.15, -0.1) is 0 Å². The molecule has 1 N–H and O–H groups in total. The van der Waals surface area contributed by atoms with Crippen LogP contribution in [0.2, 0.25) is 5.02 Å². The molecule has 3 aromatic rings. The quantitative estimate of drug-likeness (QED) is 0.549. The van der Waals surface area contributed by atoms with E-state index in [1.807, 2.05) is 30.5 Å². The van der Waals surface area contributed by atoms with Gasteiger partial charge in [-0.1, -0.05) is 35.4 Å². The highest BCUT2D eigenvalue weighted by Gasteiger charge is 2.01. The van der Waals surface area contributed by atoms with Crippen LogP contribution in [0.3, 0.4) is 0 Å². The lowest BCUT2D eigenvalue weighted by Crippen LogP contribution is -1.94. The van der Waals surface area contributed by atoms with Gasteiger partial charge in [-0.25, -0.2) is 0 Å². The molecule has 0 amide bonds. The van der Waals surface area contributed by atoms with Crippen LogP contribution in [0.1, 0.15) is 16.7 Å². The molecule has 0 spiro atoms. The Morgan fingerprint density at radius 2 is 1.95 bits per heavy atom. The van der Waals surface area contributed by atoms with Crippen molar-refractivity contribution in [3.05, 3.63) is 70.4 Å². The fourth-order valence-electron chi connectivity index (χ4n) is 2.29. The van der Waals surface area contributed by atoms with Crippen molar-refractivity contribution < 1.29 is 0 Å². The molecule has 2 aromatic carbocycles. The molecule has 0 bridgehead atoms. The van der Waals surface area contributed by atoms with Crippen LogP contribution in [0.15, 0.2) is 53.8 Å². The topological polar surface area (TPSA) is 37.3 Å². The number of hydrazone groups is 1. The maximum absolute atomic E-state index is 6.00. The number of fused-ring (bicyclic) bond motifs is 1. The number of rotatable bonds is 3. The second-order valence-corrected chi connectivity index (χ2v) is 5.69. The second kappa shape index (κ2) is 6.16. The van der Waals surface area contributed by atoms with Gasteiger partial charge in [0.05, 0.1) is 17.4 Å². The molecule has 1 heterocycles. The van der Waals surface area contributed by atoms with E-state index in [0.717, 1.165) is 22.2 Å². The smallest absolute Gasteiger partial charge is 0.0738 e. The Balaban J connectivity index is 1.88. The lowest BCUT2D eigenvalue weighted by atomic mass is 10.1. The first-order valence-electron chi connectivity index (χ1n) is 7.04. The Hall–Kier alpha value is -2.39. The summed E-state index contributed by atoms with van der Waals surface area (Å²) in [7, 11) is 0. The maximum atomic E-state index is 6.00. The van der Waals surface area contributed by atoms with Crippen LogP contribution in [-0.2, 0) is 0 Å². The van der Waals surface area contributed by atoms with Crippen molar-refractivity contribution in [1.29, 1.82) is 0 Å². The van der Waals surface area contributed by atoms with E-state index in [1.54, 1.807) is 6.20 Å². The predicted molar refractivity (Wildman–Crippen MR) is 93.9 cm³/mol. The first-order valence-corrected chi connectivity index (χ1v) is 7.42. The van der Waals surface area contributed by atoms with Crippen LogP contribution in [0, 0.1) is 13.8 Å². The van der Waals surface area contributed by atoms with Gasteiger partial charge in [0.25, 0.3) is 0 Å². The van der Waals surface area contributed by atoms with E-state index in [-0.39, 0.29) is 0 Å². The normalized spacial score (nSPS) is 11.2. The van der Waals surface area contributed by atoms with Gasteiger partial charge in [-0.2, -0.15) is 5.10 Å². The van der Waals surface area contributed by atoms with Gasteiger partial charge in [0.1, 0.15) is 0 Å². The van der Waals surface area contributed by atoms with E-state index in [1.165, 1.54) is 11.1 Å². The van der Waals surface area contributed by atoms with Gasteiger partial charge in [-0.3, -0.25) is 10.4 Å². The summed E-state index contributed by atoms with van der Waals surface area (Å²) in [6, 6.07) is 13.9. The molecule has 3 rings (SSSR count). The summed E-state index contributed by atoms with van der Waals surface area (Å²) in [4.78, 5) is 4.32. The summed E-state index contributed by atoms with van der Waals surface area (Å²) in [5.41, 5.74) is 8.36. The molecule has 0 aliphatic heterocycles. The number of nitrogens with one attached hydrogen (secondary N) is 1. The number of hydrogen-bond donors (Lipinski definition) is 1. The SMILES string of the molecule is Cc1ccc(C)c(C=NNc2ccnc3cc(Cl)ccc23)c1. The molecule has 0 radical (unpaired) electrons. The minimum absolute atomic E-state index is 0.677. The number of hydrogen-bond acceptors (Lipinski definition) is 3. The third kappa shape index (κ3) is 3.10.